The number of nitrogens with two attached hydrogens (primary N) is 1. The monoisotopic (exact) mass is 317 g/mol. The molecule has 1 aromatic carbocycles. The molecule has 0 unspecified atom stereocenters. The topological polar surface area (TPSA) is 82.6 Å². The molecule has 0 spiro atoms. The number of thiazole rings is 1. The summed E-state index contributed by atoms with van der Waals surface area (Å²) in [6.45, 7) is 2.73. The third-order valence-electron chi connectivity index (χ3n) is 3.79. The summed E-state index contributed by atoms with van der Waals surface area (Å²) in [6.07, 6.45) is 5.76. The van der Waals surface area contributed by atoms with Gasteiger partial charge >= 0.3 is 0 Å². The molecule has 2 heterocycles. The minimum absolute atomic E-state index is 0.153. The standard InChI is InChI=1S/C16H19N3O2S/c17-16-18-13-5-8-19(9-6-15(13)22-16)7-1-2-11-10-12(20)3-4-14(11)21/h1-4,10,20-21H,5-9H2,(H2,17,18). The fraction of sp³-hybridized carbons (Fsp3) is 0.312. The van der Waals surface area contributed by atoms with Gasteiger partial charge < -0.3 is 15.9 Å². The quantitative estimate of drug-likeness (QED) is 0.756. The van der Waals surface area contributed by atoms with E-state index < -0.39 is 0 Å². The number of phenols is 2. The lowest BCUT2D eigenvalue weighted by molar-refractivity contribution is 0.318. The molecule has 1 aromatic heterocycles. The fourth-order valence-electron chi connectivity index (χ4n) is 2.62. The molecule has 3 rings (SSSR count). The molecule has 1 aliphatic heterocycles. The normalized spacial score (nSPS) is 15.8. The van der Waals surface area contributed by atoms with Crippen molar-refractivity contribution < 1.29 is 10.2 Å². The smallest absolute Gasteiger partial charge is 0.180 e. The Morgan fingerprint density at radius 2 is 2.09 bits per heavy atom. The number of phenolic OH excluding ortho intramolecular Hbond substituents is 2. The summed E-state index contributed by atoms with van der Waals surface area (Å²) in [6, 6.07) is 4.52. The van der Waals surface area contributed by atoms with Crippen LogP contribution in [-0.4, -0.2) is 39.7 Å². The van der Waals surface area contributed by atoms with E-state index in [9.17, 15) is 10.2 Å². The molecule has 22 heavy (non-hydrogen) atoms. The van der Waals surface area contributed by atoms with Crippen LogP contribution >= 0.6 is 11.3 Å². The highest BCUT2D eigenvalue weighted by Crippen LogP contribution is 2.25. The second-order valence-corrected chi connectivity index (χ2v) is 6.48. The van der Waals surface area contributed by atoms with Crippen molar-refractivity contribution in [2.75, 3.05) is 25.4 Å². The van der Waals surface area contributed by atoms with E-state index >= 15 is 0 Å². The van der Waals surface area contributed by atoms with E-state index in [0.717, 1.165) is 38.2 Å². The van der Waals surface area contributed by atoms with Crippen LogP contribution in [0.25, 0.3) is 6.08 Å². The van der Waals surface area contributed by atoms with Gasteiger partial charge in [-0.25, -0.2) is 4.98 Å². The average Bonchev–Trinajstić information content (AvgIpc) is 2.75. The number of hydrogen-bond donors (Lipinski definition) is 3. The zero-order valence-electron chi connectivity index (χ0n) is 12.2. The minimum Gasteiger partial charge on any atom is -0.508 e. The number of anilines is 1. The lowest BCUT2D eigenvalue weighted by Crippen LogP contribution is -2.26. The van der Waals surface area contributed by atoms with Gasteiger partial charge in [0.25, 0.3) is 0 Å². The Balaban J connectivity index is 1.59. The first-order chi connectivity index (χ1) is 10.6. The van der Waals surface area contributed by atoms with Crippen molar-refractivity contribution in [3.63, 3.8) is 0 Å². The van der Waals surface area contributed by atoms with Gasteiger partial charge in [-0.05, 0) is 24.6 Å². The van der Waals surface area contributed by atoms with Crippen LogP contribution in [0.3, 0.4) is 0 Å². The summed E-state index contributed by atoms with van der Waals surface area (Å²) >= 11 is 1.59. The van der Waals surface area contributed by atoms with Gasteiger partial charge in [-0.2, -0.15) is 0 Å². The van der Waals surface area contributed by atoms with Gasteiger partial charge in [-0.15, -0.1) is 11.3 Å². The molecular weight excluding hydrogens is 298 g/mol. The summed E-state index contributed by atoms with van der Waals surface area (Å²) in [7, 11) is 0. The maximum absolute atomic E-state index is 9.74. The van der Waals surface area contributed by atoms with E-state index in [0.29, 0.717) is 10.7 Å². The molecule has 0 fully saturated rings. The molecule has 1 aliphatic rings. The Hall–Kier alpha value is -2.05. The summed E-state index contributed by atoms with van der Waals surface area (Å²) in [4.78, 5) is 8.03. The van der Waals surface area contributed by atoms with Gasteiger partial charge in [0.05, 0.1) is 5.69 Å². The number of aromatic nitrogens is 1. The Morgan fingerprint density at radius 3 is 2.95 bits per heavy atom. The van der Waals surface area contributed by atoms with Crippen molar-refractivity contribution in [1.29, 1.82) is 0 Å². The number of nitrogens with zero attached hydrogens (tertiary/aromatic N) is 2. The molecule has 0 radical (unpaired) electrons. The molecule has 0 bridgehead atoms. The molecule has 0 saturated carbocycles. The number of fused-ring (bicyclic) bond motifs is 1. The summed E-state index contributed by atoms with van der Waals surface area (Å²) < 4.78 is 0. The maximum atomic E-state index is 9.74. The van der Waals surface area contributed by atoms with Crippen molar-refractivity contribution in [3.05, 3.63) is 40.4 Å². The van der Waals surface area contributed by atoms with E-state index in [2.05, 4.69) is 9.88 Å². The van der Waals surface area contributed by atoms with Crippen LogP contribution in [0, 0.1) is 0 Å². The van der Waals surface area contributed by atoms with Gasteiger partial charge in [0.2, 0.25) is 0 Å². The van der Waals surface area contributed by atoms with E-state index in [4.69, 9.17) is 5.73 Å². The summed E-state index contributed by atoms with van der Waals surface area (Å²) in [5.41, 5.74) is 7.52. The molecular formula is C16H19N3O2S. The third kappa shape index (κ3) is 3.40. The van der Waals surface area contributed by atoms with E-state index in [1.807, 2.05) is 12.2 Å². The molecule has 0 saturated heterocycles. The molecule has 0 atom stereocenters. The molecule has 4 N–H and O–H groups in total. The molecule has 2 aromatic rings. The molecule has 0 amide bonds. The van der Waals surface area contributed by atoms with Crippen molar-refractivity contribution in [3.8, 4) is 11.5 Å². The Bertz CT molecular complexity index is 671. The van der Waals surface area contributed by atoms with Crippen molar-refractivity contribution in [2.45, 2.75) is 12.8 Å². The van der Waals surface area contributed by atoms with Crippen LogP contribution in [0.15, 0.2) is 24.3 Å². The summed E-state index contributed by atoms with van der Waals surface area (Å²) in [5.74, 6) is 0.326. The summed E-state index contributed by atoms with van der Waals surface area (Å²) in [5, 5.41) is 19.9. The van der Waals surface area contributed by atoms with E-state index in [-0.39, 0.29) is 11.5 Å². The van der Waals surface area contributed by atoms with Crippen molar-refractivity contribution in [1.82, 2.24) is 9.88 Å². The Morgan fingerprint density at radius 1 is 1.27 bits per heavy atom. The van der Waals surface area contributed by atoms with Crippen LogP contribution in [0.4, 0.5) is 5.13 Å². The van der Waals surface area contributed by atoms with Crippen LogP contribution in [0.2, 0.25) is 0 Å². The minimum atomic E-state index is 0.153. The maximum Gasteiger partial charge on any atom is 0.180 e. The van der Waals surface area contributed by atoms with E-state index in [1.165, 1.54) is 17.0 Å². The Labute approximate surface area is 133 Å². The van der Waals surface area contributed by atoms with Gasteiger partial charge in [-0.3, -0.25) is 4.90 Å². The van der Waals surface area contributed by atoms with Crippen molar-refractivity contribution >= 4 is 22.5 Å². The number of nitrogen functional groups attached to an aromatic ring is 1. The third-order valence-corrected chi connectivity index (χ3v) is 4.77. The van der Waals surface area contributed by atoms with Crippen LogP contribution in [-0.2, 0) is 12.8 Å². The number of rotatable bonds is 3. The highest BCUT2D eigenvalue weighted by molar-refractivity contribution is 7.15. The largest absolute Gasteiger partial charge is 0.508 e. The zero-order valence-corrected chi connectivity index (χ0v) is 13.0. The first-order valence-corrected chi connectivity index (χ1v) is 8.08. The number of aromatic hydroxyl groups is 2. The molecule has 6 heteroatoms. The highest BCUT2D eigenvalue weighted by atomic mass is 32.1. The fourth-order valence-corrected chi connectivity index (χ4v) is 3.48. The zero-order chi connectivity index (χ0) is 15.5. The van der Waals surface area contributed by atoms with Gasteiger partial charge in [-0.1, -0.05) is 12.2 Å². The highest BCUT2D eigenvalue weighted by Gasteiger charge is 2.16. The lowest BCUT2D eigenvalue weighted by atomic mass is 10.1. The molecule has 5 nitrogen and oxygen atoms in total. The van der Waals surface area contributed by atoms with Crippen molar-refractivity contribution in [2.24, 2.45) is 0 Å². The number of benzene rings is 1. The van der Waals surface area contributed by atoms with Crippen LogP contribution < -0.4 is 5.73 Å². The first-order valence-electron chi connectivity index (χ1n) is 7.27. The number of hydrogen-bond acceptors (Lipinski definition) is 6. The predicted octanol–water partition coefficient (Wildman–Crippen LogP) is 2.25. The van der Waals surface area contributed by atoms with E-state index in [1.54, 1.807) is 17.4 Å². The molecule has 116 valence electrons. The second-order valence-electron chi connectivity index (χ2n) is 5.37. The lowest BCUT2D eigenvalue weighted by Gasteiger charge is -2.17. The van der Waals surface area contributed by atoms with Gasteiger partial charge in [0.1, 0.15) is 11.5 Å². The van der Waals surface area contributed by atoms with Crippen LogP contribution in [0.5, 0.6) is 11.5 Å². The Kier molecular flexibility index (Phi) is 4.31. The van der Waals surface area contributed by atoms with Gasteiger partial charge in [0.15, 0.2) is 5.13 Å². The first kappa shape index (κ1) is 14.9. The predicted molar refractivity (Wildman–Crippen MR) is 89.2 cm³/mol. The molecule has 0 aliphatic carbocycles. The average molecular weight is 317 g/mol. The SMILES string of the molecule is Nc1nc2c(s1)CCN(CC=Cc1cc(O)ccc1O)CC2. The second kappa shape index (κ2) is 6.37. The van der Waals surface area contributed by atoms with Gasteiger partial charge in [0, 0.05) is 36.5 Å². The van der Waals surface area contributed by atoms with Crippen LogP contribution in [0.1, 0.15) is 16.1 Å².